The van der Waals surface area contributed by atoms with Gasteiger partial charge < -0.3 is 15.4 Å². The summed E-state index contributed by atoms with van der Waals surface area (Å²) in [5.41, 5.74) is 1.13. The Morgan fingerprint density at radius 3 is 2.48 bits per heavy atom. The Labute approximate surface area is 193 Å². The van der Waals surface area contributed by atoms with Crippen LogP contribution >= 0.6 is 0 Å². The molecule has 1 amide bonds. The van der Waals surface area contributed by atoms with Crippen molar-refractivity contribution in [2.45, 2.75) is 31.1 Å². The number of primary sulfonamides is 1. The van der Waals surface area contributed by atoms with E-state index in [0.717, 1.165) is 18.4 Å². The number of nitriles is 1. The summed E-state index contributed by atoms with van der Waals surface area (Å²) in [6, 6.07) is 14.3. The van der Waals surface area contributed by atoms with E-state index in [-0.39, 0.29) is 28.3 Å². The van der Waals surface area contributed by atoms with Crippen LogP contribution in [0.25, 0.3) is 0 Å². The highest BCUT2D eigenvalue weighted by Gasteiger charge is 2.16. The molecule has 4 N–H and O–H groups in total. The number of nitrogens with two attached hydrogens (primary N) is 1. The number of benzene rings is 2. The number of rotatable bonds is 11. The molecule has 2 rings (SSSR count). The number of hydrogen-bond donors (Lipinski definition) is 3. The number of ether oxygens (including phenoxy) is 1. The Hall–Kier alpha value is -3.68. The van der Waals surface area contributed by atoms with Crippen molar-refractivity contribution >= 4 is 27.6 Å². The predicted octanol–water partition coefficient (Wildman–Crippen LogP) is 2.47. The predicted molar refractivity (Wildman–Crippen MR) is 123 cm³/mol. The summed E-state index contributed by atoms with van der Waals surface area (Å²) in [6.07, 6.45) is 3.43. The van der Waals surface area contributed by atoms with E-state index in [1.165, 1.54) is 18.3 Å². The van der Waals surface area contributed by atoms with Gasteiger partial charge in [-0.25, -0.2) is 18.4 Å². The van der Waals surface area contributed by atoms with Crippen molar-refractivity contribution in [1.29, 1.82) is 5.26 Å². The number of nitrogens with zero attached hydrogens (tertiary/aromatic N) is 1. The minimum Gasteiger partial charge on any atom is -0.462 e. The zero-order valence-electron chi connectivity index (χ0n) is 18.2. The van der Waals surface area contributed by atoms with Gasteiger partial charge in [-0.05, 0) is 42.7 Å². The number of carbonyl (C=O) groups is 2. The number of esters is 1. The monoisotopic (exact) mass is 470 g/mol. The van der Waals surface area contributed by atoms with Crippen LogP contribution in [0, 0.1) is 11.3 Å². The van der Waals surface area contributed by atoms with Gasteiger partial charge in [0.1, 0.15) is 11.6 Å². The van der Waals surface area contributed by atoms with E-state index in [9.17, 15) is 23.3 Å². The van der Waals surface area contributed by atoms with Gasteiger partial charge in [-0.15, -0.1) is 0 Å². The normalized spacial score (nSPS) is 11.4. The summed E-state index contributed by atoms with van der Waals surface area (Å²) < 4.78 is 27.8. The number of para-hydroxylation sites is 1. The Morgan fingerprint density at radius 2 is 1.85 bits per heavy atom. The lowest BCUT2D eigenvalue weighted by molar-refractivity contribution is -0.112. The van der Waals surface area contributed by atoms with E-state index in [4.69, 9.17) is 9.88 Å². The third kappa shape index (κ3) is 8.07. The first-order valence-electron chi connectivity index (χ1n) is 10.3. The van der Waals surface area contributed by atoms with E-state index >= 15 is 0 Å². The lowest BCUT2D eigenvalue weighted by atomic mass is 10.1. The topological polar surface area (TPSA) is 151 Å². The molecule has 0 heterocycles. The fraction of sp³-hybridized carbons (Fsp3) is 0.261. The van der Waals surface area contributed by atoms with Crippen LogP contribution in [0.4, 0.5) is 5.69 Å². The molecule has 0 bridgehead atoms. The largest absolute Gasteiger partial charge is 0.462 e. The number of sulfonamides is 1. The second-order valence-electron chi connectivity index (χ2n) is 7.05. The number of nitrogens with one attached hydrogen (secondary N) is 2. The van der Waals surface area contributed by atoms with E-state index in [2.05, 4.69) is 10.6 Å². The fourth-order valence-electron chi connectivity index (χ4n) is 2.73. The first-order valence-corrected chi connectivity index (χ1v) is 11.8. The lowest BCUT2D eigenvalue weighted by Crippen LogP contribution is -2.19. The van der Waals surface area contributed by atoms with Crippen LogP contribution in [0.3, 0.4) is 0 Å². The number of anilines is 1. The van der Waals surface area contributed by atoms with Crippen LogP contribution in [0.2, 0.25) is 0 Å². The van der Waals surface area contributed by atoms with E-state index in [1.807, 2.05) is 13.0 Å². The van der Waals surface area contributed by atoms with Crippen LogP contribution in [-0.4, -0.2) is 33.4 Å². The smallest absolute Gasteiger partial charge is 0.340 e. The van der Waals surface area contributed by atoms with Crippen molar-refractivity contribution in [3.8, 4) is 6.07 Å². The summed E-state index contributed by atoms with van der Waals surface area (Å²) >= 11 is 0. The summed E-state index contributed by atoms with van der Waals surface area (Å²) in [5, 5.41) is 19.9. The van der Waals surface area contributed by atoms with Crippen molar-refractivity contribution in [2.24, 2.45) is 5.14 Å². The number of unbranched alkanes of at least 4 members (excludes halogenated alkanes) is 1. The molecule has 0 aromatic heterocycles. The maximum absolute atomic E-state index is 12.5. The third-order valence-electron chi connectivity index (χ3n) is 4.55. The fourth-order valence-corrected chi connectivity index (χ4v) is 3.25. The van der Waals surface area contributed by atoms with Crippen molar-refractivity contribution in [2.75, 3.05) is 18.5 Å². The first-order chi connectivity index (χ1) is 15.8. The van der Waals surface area contributed by atoms with Gasteiger partial charge in [-0.1, -0.05) is 37.6 Å². The second kappa shape index (κ2) is 12.4. The van der Waals surface area contributed by atoms with Crippen molar-refractivity contribution < 1.29 is 22.7 Å². The highest BCUT2D eigenvalue weighted by Crippen LogP contribution is 2.17. The van der Waals surface area contributed by atoms with Gasteiger partial charge in [-0.3, -0.25) is 4.79 Å². The van der Waals surface area contributed by atoms with E-state index in [0.29, 0.717) is 13.0 Å². The molecule has 0 saturated carbocycles. The zero-order valence-corrected chi connectivity index (χ0v) is 19.0. The molecule has 0 spiro atoms. The molecule has 0 aliphatic heterocycles. The molecule has 174 valence electrons. The highest BCUT2D eigenvalue weighted by atomic mass is 32.2. The molecular formula is C23H26N4O5S. The van der Waals surface area contributed by atoms with E-state index in [1.54, 1.807) is 36.4 Å². The molecule has 0 saturated heterocycles. The SMILES string of the molecule is CCCCOC(=O)c1ccccc1NC(=O)/C(C#N)=C\NCCc1ccc(S(N)(=O)=O)cc1. The van der Waals surface area contributed by atoms with Crippen LogP contribution in [-0.2, 0) is 26.0 Å². The van der Waals surface area contributed by atoms with Gasteiger partial charge >= 0.3 is 5.97 Å². The Balaban J connectivity index is 1.96. The number of amides is 1. The van der Waals surface area contributed by atoms with E-state index < -0.39 is 21.9 Å². The molecule has 0 radical (unpaired) electrons. The van der Waals surface area contributed by atoms with Gasteiger partial charge in [0.05, 0.1) is 22.8 Å². The molecule has 10 heteroatoms. The summed E-state index contributed by atoms with van der Waals surface area (Å²) in [4.78, 5) is 24.8. The van der Waals surface area contributed by atoms with Gasteiger partial charge in [0, 0.05) is 12.7 Å². The summed E-state index contributed by atoms with van der Waals surface area (Å²) in [7, 11) is -3.74. The quantitative estimate of drug-likeness (QED) is 0.197. The summed E-state index contributed by atoms with van der Waals surface area (Å²) in [5.74, 6) is -1.22. The van der Waals surface area contributed by atoms with Gasteiger partial charge in [-0.2, -0.15) is 5.26 Å². The van der Waals surface area contributed by atoms with Crippen LogP contribution < -0.4 is 15.8 Å². The van der Waals surface area contributed by atoms with Crippen molar-refractivity contribution in [3.63, 3.8) is 0 Å². The Morgan fingerprint density at radius 1 is 1.15 bits per heavy atom. The van der Waals surface area contributed by atoms with Crippen molar-refractivity contribution in [1.82, 2.24) is 5.32 Å². The van der Waals surface area contributed by atoms with Crippen molar-refractivity contribution in [3.05, 3.63) is 71.4 Å². The summed E-state index contributed by atoms with van der Waals surface area (Å²) in [6.45, 7) is 2.67. The molecule has 2 aromatic carbocycles. The van der Waals surface area contributed by atoms with Crippen LogP contribution in [0.15, 0.2) is 65.2 Å². The zero-order chi connectivity index (χ0) is 24.3. The number of carbonyl (C=O) groups excluding carboxylic acids is 2. The molecule has 0 fully saturated rings. The van der Waals surface area contributed by atoms with Crippen LogP contribution in [0.1, 0.15) is 35.7 Å². The molecule has 0 aliphatic rings. The molecule has 33 heavy (non-hydrogen) atoms. The Kier molecular flexibility index (Phi) is 9.60. The number of hydrogen-bond acceptors (Lipinski definition) is 7. The molecule has 0 unspecified atom stereocenters. The Bertz CT molecular complexity index is 1150. The standard InChI is InChI=1S/C23H26N4O5S/c1-2-3-14-32-23(29)20-6-4-5-7-21(20)27-22(28)18(15-24)16-26-13-12-17-8-10-19(11-9-17)33(25,30)31/h4-11,16,26H,2-3,12-14H2,1H3,(H,27,28)(H2,25,30,31)/b18-16-. The van der Waals surface area contributed by atoms with Gasteiger partial charge in [0.25, 0.3) is 5.91 Å². The molecule has 0 aliphatic carbocycles. The third-order valence-corrected chi connectivity index (χ3v) is 5.48. The molecular weight excluding hydrogens is 444 g/mol. The van der Waals surface area contributed by atoms with Gasteiger partial charge in [0.2, 0.25) is 10.0 Å². The lowest BCUT2D eigenvalue weighted by Gasteiger charge is -2.10. The maximum atomic E-state index is 12.5. The minimum absolute atomic E-state index is 0.0251. The molecule has 9 nitrogen and oxygen atoms in total. The molecule has 2 aromatic rings. The second-order valence-corrected chi connectivity index (χ2v) is 8.61. The maximum Gasteiger partial charge on any atom is 0.340 e. The highest BCUT2D eigenvalue weighted by molar-refractivity contribution is 7.89. The van der Waals surface area contributed by atoms with Crippen LogP contribution in [0.5, 0.6) is 0 Å². The average Bonchev–Trinajstić information content (AvgIpc) is 2.79. The first kappa shape index (κ1) is 25.6. The molecule has 0 atom stereocenters. The minimum atomic E-state index is -3.74. The van der Waals surface area contributed by atoms with Gasteiger partial charge in [0.15, 0.2) is 0 Å². The average molecular weight is 471 g/mol.